The maximum Gasteiger partial charge on any atom is 0.470 e. The van der Waals surface area contributed by atoms with Crippen LogP contribution in [0.3, 0.4) is 0 Å². The van der Waals surface area contributed by atoms with E-state index in [4.69, 9.17) is 64.9 Å². The van der Waals surface area contributed by atoms with Gasteiger partial charge < -0.3 is 57.2 Å². The maximum atomic E-state index is 12.6. The van der Waals surface area contributed by atoms with Gasteiger partial charge >= 0.3 is 14.5 Å². The Hall–Kier alpha value is 2.74. The third kappa shape index (κ3) is 14.9. The van der Waals surface area contributed by atoms with Gasteiger partial charge in [-0.3, -0.25) is 32.9 Å². The Bertz CT molecular complexity index is 967. The third-order valence-corrected chi connectivity index (χ3v) is 8.76. The predicted molar refractivity (Wildman–Crippen MR) is 132 cm³/mol. The van der Waals surface area contributed by atoms with Gasteiger partial charge in [0.05, 0.1) is 53.8 Å². The summed E-state index contributed by atoms with van der Waals surface area (Å²) < 4.78 is 69.3. The molecular formula is C17H27B2O16P3SW3-4. The average molecular weight is 1190 g/mol. The molecule has 0 aromatic carbocycles. The van der Waals surface area contributed by atoms with E-state index in [1.54, 1.807) is 13.3 Å². The Kier molecular flexibility index (Phi) is 21.0. The molecule has 0 spiro atoms. The van der Waals surface area contributed by atoms with E-state index in [1.807, 2.05) is 0 Å². The molecule has 0 aromatic rings. The van der Waals surface area contributed by atoms with Crippen LogP contribution in [-0.2, 0) is 125 Å². The molecule has 0 amide bonds. The Morgan fingerprint density at radius 2 is 1.33 bits per heavy atom. The predicted octanol–water partition coefficient (Wildman–Crippen LogP) is -1.90. The first-order valence-corrected chi connectivity index (χ1v) is 16.9. The number of aliphatic hydroxyl groups is 2. The van der Waals surface area contributed by atoms with Gasteiger partial charge in [0.1, 0.15) is 0 Å². The van der Waals surface area contributed by atoms with Crippen molar-refractivity contribution < 1.29 is 139 Å². The molecule has 0 aromatic heterocycles. The molecule has 0 aliphatic carbocycles. The summed E-state index contributed by atoms with van der Waals surface area (Å²) in [6, 6.07) is -2.10. The van der Waals surface area contributed by atoms with Crippen molar-refractivity contribution in [3.05, 3.63) is 19.3 Å². The molecule has 3 aliphatic rings. The van der Waals surface area contributed by atoms with Crippen LogP contribution in [0, 0.1) is 19.3 Å². The van der Waals surface area contributed by atoms with Gasteiger partial charge in [-0.2, -0.15) is 0 Å². The standard InChI is InChI=1S/C17H28B2O16P3S.3W/c1-9-2-10(21)13(31-9)5-29-38(26,39)35-12-4-17(19)33-15(12)7-28-37(24,25)34-11-3-16(18)32-14(11)6-27-36(22,23)30-8-20;;;/h2-4,9-17,20-21H,5-8H2,1H3,(H,22,23)(H,24,25)(H,26,39);;;/q-3;;;/p-1. The molecule has 3 saturated heterocycles. The van der Waals surface area contributed by atoms with Gasteiger partial charge in [0.25, 0.3) is 7.82 Å². The van der Waals surface area contributed by atoms with Crippen molar-refractivity contribution in [3.63, 3.8) is 0 Å². The summed E-state index contributed by atoms with van der Waals surface area (Å²) in [5.41, 5.74) is 0. The number of phosphoric ester groups is 2. The summed E-state index contributed by atoms with van der Waals surface area (Å²) in [4.78, 5) is 32.1. The minimum Gasteiger partial charge on any atom is -0.756 e. The van der Waals surface area contributed by atoms with Crippen LogP contribution in [0.1, 0.15) is 6.92 Å². The first kappa shape index (κ1) is 44.7. The molecule has 0 saturated carbocycles. The molecule has 25 heteroatoms. The normalized spacial score (nSPS) is 37.0. The molecule has 3 aliphatic heterocycles. The van der Waals surface area contributed by atoms with Crippen molar-refractivity contribution in [2.75, 3.05) is 26.6 Å². The quantitative estimate of drug-likeness (QED) is 0.0609. The Balaban J connectivity index is 0.00000560. The molecule has 42 heavy (non-hydrogen) atoms. The van der Waals surface area contributed by atoms with E-state index in [1.165, 1.54) is 6.42 Å². The van der Waals surface area contributed by atoms with E-state index >= 15 is 0 Å². The van der Waals surface area contributed by atoms with Crippen LogP contribution in [0.15, 0.2) is 0 Å². The molecule has 4 N–H and O–H groups in total. The summed E-state index contributed by atoms with van der Waals surface area (Å²) >= 11 is 5.00. The molecule has 16 nitrogen and oxygen atoms in total. The van der Waals surface area contributed by atoms with Gasteiger partial charge in [0.15, 0.2) is 6.79 Å². The average Bonchev–Trinajstić information content (AvgIpc) is 3.44. The van der Waals surface area contributed by atoms with Crippen molar-refractivity contribution in [3.8, 4) is 0 Å². The number of hydrogen-bond acceptors (Lipinski definition) is 15. The fraction of sp³-hybridized carbons (Fsp3) is 0.824. The molecule has 12 atom stereocenters. The number of hydrogen-bond donors (Lipinski definition) is 4. The van der Waals surface area contributed by atoms with E-state index in [2.05, 4.69) is 9.05 Å². The number of aliphatic hydroxyl groups excluding tert-OH is 2. The van der Waals surface area contributed by atoms with Crippen LogP contribution < -0.4 is 4.89 Å². The van der Waals surface area contributed by atoms with Crippen LogP contribution in [0.25, 0.3) is 0 Å². The first-order chi connectivity index (χ1) is 18.1. The van der Waals surface area contributed by atoms with E-state index in [-0.39, 0.29) is 75.9 Å². The topological polar surface area (TPSA) is 221 Å². The third-order valence-electron chi connectivity index (χ3n) is 5.32. The summed E-state index contributed by atoms with van der Waals surface area (Å²) in [6.07, 6.45) is -2.84. The zero-order valence-electron chi connectivity index (χ0n) is 21.6. The minimum atomic E-state index is -4.87. The summed E-state index contributed by atoms with van der Waals surface area (Å²) in [5, 5.41) is 18.5. The van der Waals surface area contributed by atoms with E-state index < -0.39 is 91.0 Å². The molecule has 3 rings (SSSR count). The van der Waals surface area contributed by atoms with Gasteiger partial charge in [-0.25, -0.2) is 4.57 Å². The summed E-state index contributed by atoms with van der Waals surface area (Å²) in [6.45, 7) is -4.97. The van der Waals surface area contributed by atoms with Crippen LogP contribution in [-0.4, -0.2) is 117 Å². The molecule has 240 valence electrons. The first-order valence-electron chi connectivity index (χ1n) is 11.3. The minimum absolute atomic E-state index is 0. The largest absolute Gasteiger partial charge is 0.756 e. The van der Waals surface area contributed by atoms with Gasteiger partial charge in [-0.05, 0) is 30.1 Å². The Morgan fingerprint density at radius 1 is 0.833 bits per heavy atom. The SMILES string of the molecule is [B]C1[CH-]C(OP(=O)(O)OCC2OC([B])[CH-]C2OP(O)(=S)OCC2OC(C)[CH-]C2O)C(COP(=O)([O-])OCO)O1.[W].[W].[W]. The fourth-order valence-corrected chi connectivity index (χ4v) is 6.51. The molecule has 4 radical (unpaired) electrons. The zero-order chi connectivity index (χ0) is 29.0. The van der Waals surface area contributed by atoms with Crippen molar-refractivity contribution in [1.82, 2.24) is 0 Å². The second kappa shape index (κ2) is 19.7. The van der Waals surface area contributed by atoms with Crippen molar-refractivity contribution >= 4 is 49.9 Å². The zero-order valence-corrected chi connectivity index (χ0v) is 33.9. The summed E-state index contributed by atoms with van der Waals surface area (Å²) in [7, 11) is 1.61. The van der Waals surface area contributed by atoms with Crippen molar-refractivity contribution in [2.24, 2.45) is 0 Å². The van der Waals surface area contributed by atoms with Gasteiger partial charge in [0, 0.05) is 63.2 Å². The number of rotatable bonds is 15. The number of ether oxygens (including phenoxy) is 3. The maximum absolute atomic E-state index is 12.6. The second-order valence-corrected chi connectivity index (χ2v) is 14.0. The second-order valence-electron chi connectivity index (χ2n) is 8.40. The van der Waals surface area contributed by atoms with Crippen molar-refractivity contribution in [1.29, 1.82) is 0 Å². The van der Waals surface area contributed by atoms with Gasteiger partial charge in [0.2, 0.25) is 0 Å². The molecule has 3 fully saturated rings. The summed E-state index contributed by atoms with van der Waals surface area (Å²) in [5.74, 6) is 0. The van der Waals surface area contributed by atoms with Crippen LogP contribution in [0.5, 0.6) is 0 Å². The van der Waals surface area contributed by atoms with Gasteiger partial charge in [-0.15, -0.1) is 0 Å². The van der Waals surface area contributed by atoms with Crippen LogP contribution >= 0.6 is 22.4 Å². The van der Waals surface area contributed by atoms with Crippen molar-refractivity contribution in [2.45, 2.75) is 61.7 Å². The fourth-order valence-electron chi connectivity index (χ4n) is 3.66. The molecular weight excluding hydrogens is 1160 g/mol. The number of phosphoric acid groups is 2. The molecule has 0 bridgehead atoms. The molecule has 3 heterocycles. The Morgan fingerprint density at radius 3 is 1.83 bits per heavy atom. The molecule has 12 unspecified atom stereocenters. The Labute approximate surface area is 294 Å². The van der Waals surface area contributed by atoms with Gasteiger partial charge in [-0.1, -0.05) is 25.0 Å². The van der Waals surface area contributed by atoms with E-state index in [0.717, 1.165) is 6.42 Å². The monoisotopic (exact) mass is 1190 g/mol. The van der Waals surface area contributed by atoms with E-state index in [9.17, 15) is 28.9 Å². The van der Waals surface area contributed by atoms with E-state index in [0.29, 0.717) is 0 Å². The van der Waals surface area contributed by atoms with Crippen LogP contribution in [0.2, 0.25) is 0 Å². The smallest absolute Gasteiger partial charge is 0.470 e. The van der Waals surface area contributed by atoms with Crippen LogP contribution in [0.4, 0.5) is 0 Å².